The highest BCUT2D eigenvalue weighted by molar-refractivity contribution is 5.48. The molecule has 0 saturated heterocycles. The molecule has 1 heterocycles. The van der Waals surface area contributed by atoms with Crippen molar-refractivity contribution in [2.75, 3.05) is 7.11 Å². The monoisotopic (exact) mass is 243 g/mol. The molecule has 1 aromatic carbocycles. The van der Waals surface area contributed by atoms with Crippen LogP contribution in [0.25, 0.3) is 0 Å². The number of hydrogen-bond acceptors (Lipinski definition) is 4. The Kier molecular flexibility index (Phi) is 3.49. The van der Waals surface area contributed by atoms with Crippen molar-refractivity contribution < 1.29 is 9.47 Å². The van der Waals surface area contributed by atoms with Gasteiger partial charge in [0.05, 0.1) is 25.1 Å². The van der Waals surface area contributed by atoms with E-state index in [1.807, 2.05) is 6.92 Å². The fraction of sp³-hybridized carbons (Fsp3) is 0.231. The largest absolute Gasteiger partial charge is 0.497 e. The Hall–Kier alpha value is -2.48. The third-order valence-electron chi connectivity index (χ3n) is 2.47. The number of methoxy groups -OCH3 is 1. The summed E-state index contributed by atoms with van der Waals surface area (Å²) in [5.74, 6) is 1.71. The summed E-state index contributed by atoms with van der Waals surface area (Å²) in [5.41, 5.74) is 0.458. The summed E-state index contributed by atoms with van der Waals surface area (Å²) >= 11 is 0. The molecule has 2 rings (SSSR count). The van der Waals surface area contributed by atoms with E-state index in [4.69, 9.17) is 14.7 Å². The number of nitrogens with zero attached hydrogens (tertiary/aromatic N) is 3. The molecule has 2 aromatic rings. The Morgan fingerprint density at radius 1 is 1.39 bits per heavy atom. The van der Waals surface area contributed by atoms with Crippen LogP contribution in [-0.2, 0) is 6.54 Å². The second-order valence-electron chi connectivity index (χ2n) is 3.61. The van der Waals surface area contributed by atoms with Gasteiger partial charge in [-0.3, -0.25) is 4.68 Å². The molecule has 0 saturated carbocycles. The van der Waals surface area contributed by atoms with Crippen molar-refractivity contribution in [1.29, 1.82) is 5.26 Å². The van der Waals surface area contributed by atoms with Gasteiger partial charge in [0.15, 0.2) is 5.75 Å². The van der Waals surface area contributed by atoms with Crippen molar-refractivity contribution in [3.63, 3.8) is 0 Å². The van der Waals surface area contributed by atoms with Gasteiger partial charge in [-0.05, 0) is 19.1 Å². The third kappa shape index (κ3) is 2.43. The molecule has 0 unspecified atom stereocenters. The summed E-state index contributed by atoms with van der Waals surface area (Å²) in [6, 6.07) is 7.15. The topological polar surface area (TPSA) is 60.1 Å². The number of rotatable bonds is 4. The van der Waals surface area contributed by atoms with Crippen LogP contribution in [0.4, 0.5) is 0 Å². The van der Waals surface area contributed by atoms with Crippen molar-refractivity contribution in [1.82, 2.24) is 9.78 Å². The van der Waals surface area contributed by atoms with Gasteiger partial charge in [-0.1, -0.05) is 0 Å². The molecule has 0 bridgehead atoms. The SMILES string of the molecule is CCn1cc(Oc2cc(OC)ccc2C#N)cn1. The van der Waals surface area contributed by atoms with E-state index in [0.29, 0.717) is 22.8 Å². The highest BCUT2D eigenvalue weighted by Gasteiger charge is 2.08. The van der Waals surface area contributed by atoms with Crippen LogP contribution in [0.3, 0.4) is 0 Å². The van der Waals surface area contributed by atoms with Crippen LogP contribution in [0.2, 0.25) is 0 Å². The lowest BCUT2D eigenvalue weighted by atomic mass is 10.2. The third-order valence-corrected chi connectivity index (χ3v) is 2.47. The first-order chi connectivity index (χ1) is 8.76. The van der Waals surface area contributed by atoms with Gasteiger partial charge in [-0.25, -0.2) is 0 Å². The van der Waals surface area contributed by atoms with E-state index in [1.165, 1.54) is 0 Å². The minimum atomic E-state index is 0.458. The normalized spacial score (nSPS) is 9.83. The maximum Gasteiger partial charge on any atom is 0.165 e. The van der Waals surface area contributed by atoms with Crippen LogP contribution in [-0.4, -0.2) is 16.9 Å². The van der Waals surface area contributed by atoms with Gasteiger partial charge in [0.2, 0.25) is 0 Å². The van der Waals surface area contributed by atoms with Crippen LogP contribution in [0.15, 0.2) is 30.6 Å². The van der Waals surface area contributed by atoms with Gasteiger partial charge in [0, 0.05) is 12.6 Å². The molecule has 0 aliphatic rings. The minimum Gasteiger partial charge on any atom is -0.497 e. The molecule has 1 aromatic heterocycles. The first-order valence-corrected chi connectivity index (χ1v) is 5.55. The predicted molar refractivity (Wildman–Crippen MR) is 65.7 cm³/mol. The maximum atomic E-state index is 9.02. The number of aryl methyl sites for hydroxylation is 1. The zero-order valence-electron chi connectivity index (χ0n) is 10.3. The van der Waals surface area contributed by atoms with Crippen LogP contribution >= 0.6 is 0 Å². The molecule has 92 valence electrons. The Labute approximate surface area is 105 Å². The van der Waals surface area contributed by atoms with Crippen molar-refractivity contribution in [2.24, 2.45) is 0 Å². The zero-order chi connectivity index (χ0) is 13.0. The lowest BCUT2D eigenvalue weighted by Crippen LogP contribution is -1.92. The average molecular weight is 243 g/mol. The number of aromatic nitrogens is 2. The lowest BCUT2D eigenvalue weighted by Gasteiger charge is -2.07. The van der Waals surface area contributed by atoms with Crippen LogP contribution in [0, 0.1) is 11.3 Å². The van der Waals surface area contributed by atoms with E-state index in [0.717, 1.165) is 6.54 Å². The van der Waals surface area contributed by atoms with Gasteiger partial charge in [-0.15, -0.1) is 0 Å². The highest BCUT2D eigenvalue weighted by Crippen LogP contribution is 2.28. The fourth-order valence-corrected chi connectivity index (χ4v) is 1.50. The molecule has 0 atom stereocenters. The molecule has 0 aliphatic heterocycles. The molecule has 18 heavy (non-hydrogen) atoms. The summed E-state index contributed by atoms with van der Waals surface area (Å²) < 4.78 is 12.5. The molecule has 0 amide bonds. The number of benzene rings is 1. The minimum absolute atomic E-state index is 0.458. The van der Waals surface area contributed by atoms with Crippen molar-refractivity contribution in [3.05, 3.63) is 36.2 Å². The summed E-state index contributed by atoms with van der Waals surface area (Å²) in [6.45, 7) is 2.76. The molecule has 0 radical (unpaired) electrons. The van der Waals surface area contributed by atoms with Gasteiger partial charge in [0.25, 0.3) is 0 Å². The summed E-state index contributed by atoms with van der Waals surface area (Å²) in [6.07, 6.45) is 3.39. The molecular formula is C13H13N3O2. The molecule has 0 fully saturated rings. The zero-order valence-corrected chi connectivity index (χ0v) is 10.3. The van der Waals surface area contributed by atoms with Gasteiger partial charge < -0.3 is 9.47 Å². The van der Waals surface area contributed by atoms with Crippen molar-refractivity contribution >= 4 is 0 Å². The van der Waals surface area contributed by atoms with Gasteiger partial charge >= 0.3 is 0 Å². The van der Waals surface area contributed by atoms with Crippen molar-refractivity contribution in [2.45, 2.75) is 13.5 Å². The van der Waals surface area contributed by atoms with E-state index in [2.05, 4.69) is 11.2 Å². The molecular weight excluding hydrogens is 230 g/mol. The Morgan fingerprint density at radius 2 is 2.22 bits per heavy atom. The van der Waals surface area contributed by atoms with E-state index in [1.54, 1.807) is 42.4 Å². The standard InChI is InChI=1S/C13H13N3O2/c1-3-16-9-12(8-15-16)18-13-6-11(17-2)5-4-10(13)7-14/h4-6,8-9H,3H2,1-2H3. The summed E-state index contributed by atoms with van der Waals surface area (Å²) in [7, 11) is 1.57. The van der Waals surface area contributed by atoms with E-state index < -0.39 is 0 Å². The quantitative estimate of drug-likeness (QED) is 0.828. The molecule has 0 N–H and O–H groups in total. The second kappa shape index (κ2) is 5.23. The molecule has 5 nitrogen and oxygen atoms in total. The predicted octanol–water partition coefficient (Wildman–Crippen LogP) is 2.58. The molecule has 0 spiro atoms. The van der Waals surface area contributed by atoms with Gasteiger partial charge in [0.1, 0.15) is 17.6 Å². The van der Waals surface area contributed by atoms with E-state index in [9.17, 15) is 0 Å². The molecule has 5 heteroatoms. The van der Waals surface area contributed by atoms with Crippen LogP contribution in [0.5, 0.6) is 17.2 Å². The highest BCUT2D eigenvalue weighted by atomic mass is 16.5. The second-order valence-corrected chi connectivity index (χ2v) is 3.61. The first-order valence-electron chi connectivity index (χ1n) is 5.55. The van der Waals surface area contributed by atoms with E-state index in [-0.39, 0.29) is 0 Å². The summed E-state index contributed by atoms with van der Waals surface area (Å²) in [5, 5.41) is 13.1. The van der Waals surface area contributed by atoms with Gasteiger partial charge in [-0.2, -0.15) is 10.4 Å². The first kappa shape index (κ1) is 12.0. The van der Waals surface area contributed by atoms with Crippen LogP contribution in [0.1, 0.15) is 12.5 Å². The van der Waals surface area contributed by atoms with Crippen molar-refractivity contribution in [3.8, 4) is 23.3 Å². The Balaban J connectivity index is 2.29. The summed E-state index contributed by atoms with van der Waals surface area (Å²) in [4.78, 5) is 0. The maximum absolute atomic E-state index is 9.02. The number of hydrogen-bond donors (Lipinski definition) is 0. The average Bonchev–Trinajstić information content (AvgIpc) is 2.86. The smallest absolute Gasteiger partial charge is 0.165 e. The lowest BCUT2D eigenvalue weighted by molar-refractivity contribution is 0.408. The fourth-order valence-electron chi connectivity index (χ4n) is 1.50. The number of nitriles is 1. The molecule has 0 aliphatic carbocycles. The number of ether oxygens (including phenoxy) is 2. The van der Waals surface area contributed by atoms with E-state index >= 15 is 0 Å². The Morgan fingerprint density at radius 3 is 2.83 bits per heavy atom. The van der Waals surface area contributed by atoms with Crippen LogP contribution < -0.4 is 9.47 Å². The Bertz CT molecular complexity index is 584.